The molecule has 0 aliphatic carbocycles. The van der Waals surface area contributed by atoms with E-state index in [1.54, 1.807) is 32.2 Å². The number of carbonyl (C=O) groups excluding carboxylic acids is 1. The van der Waals surface area contributed by atoms with Crippen LogP contribution in [-0.2, 0) is 13.6 Å². The van der Waals surface area contributed by atoms with Gasteiger partial charge in [-0.15, -0.1) is 0 Å². The molecule has 1 amide bonds. The first-order chi connectivity index (χ1) is 11.9. The summed E-state index contributed by atoms with van der Waals surface area (Å²) >= 11 is 9.49. The molecule has 0 aliphatic heterocycles. The second-order valence-corrected chi connectivity index (χ2v) is 6.64. The van der Waals surface area contributed by atoms with Crippen molar-refractivity contribution < 1.29 is 9.18 Å². The van der Waals surface area contributed by atoms with Crippen LogP contribution in [-0.4, -0.2) is 25.5 Å². The highest BCUT2D eigenvalue weighted by Gasteiger charge is 2.20. The van der Waals surface area contributed by atoms with E-state index in [-0.39, 0.29) is 23.2 Å². The third kappa shape index (κ3) is 3.59. The normalized spacial score (nSPS) is 10.9. The standard InChI is InChI=1S/C16H14BrClFN5O/c1-9-13(17)14(23(2)21-9)16(25)20-15-11(18)8-24(22-15)7-10-5-3-4-6-12(10)19/h3-6,8H,7H2,1-2H3,(H,20,22,25). The Hall–Kier alpha value is -2.19. The predicted molar refractivity (Wildman–Crippen MR) is 96.3 cm³/mol. The van der Waals surface area contributed by atoms with Crippen molar-refractivity contribution in [1.82, 2.24) is 19.6 Å². The molecule has 0 aliphatic rings. The van der Waals surface area contributed by atoms with E-state index in [0.717, 1.165) is 0 Å². The van der Waals surface area contributed by atoms with Gasteiger partial charge in [-0.25, -0.2) is 4.39 Å². The van der Waals surface area contributed by atoms with Crippen molar-refractivity contribution >= 4 is 39.3 Å². The molecule has 2 heterocycles. The molecule has 0 atom stereocenters. The van der Waals surface area contributed by atoms with Gasteiger partial charge >= 0.3 is 0 Å². The van der Waals surface area contributed by atoms with Crippen LogP contribution in [0.25, 0.3) is 0 Å². The molecule has 1 aromatic carbocycles. The molecule has 9 heteroatoms. The van der Waals surface area contributed by atoms with Gasteiger partial charge in [0.05, 0.1) is 16.7 Å². The summed E-state index contributed by atoms with van der Waals surface area (Å²) in [4.78, 5) is 12.5. The second kappa shape index (κ2) is 6.97. The molecule has 25 heavy (non-hydrogen) atoms. The second-order valence-electron chi connectivity index (χ2n) is 5.44. The van der Waals surface area contributed by atoms with E-state index in [9.17, 15) is 9.18 Å². The van der Waals surface area contributed by atoms with Gasteiger partial charge in [-0.05, 0) is 28.9 Å². The first-order valence-corrected chi connectivity index (χ1v) is 8.50. The summed E-state index contributed by atoms with van der Waals surface area (Å²) in [7, 11) is 1.67. The van der Waals surface area contributed by atoms with E-state index >= 15 is 0 Å². The van der Waals surface area contributed by atoms with Crippen LogP contribution in [0.2, 0.25) is 5.02 Å². The molecule has 1 N–H and O–H groups in total. The molecule has 0 bridgehead atoms. The number of nitrogens with one attached hydrogen (secondary N) is 1. The molecule has 6 nitrogen and oxygen atoms in total. The van der Waals surface area contributed by atoms with Crippen molar-refractivity contribution in [2.75, 3.05) is 5.32 Å². The molecule has 0 radical (unpaired) electrons. The number of rotatable bonds is 4. The lowest BCUT2D eigenvalue weighted by atomic mass is 10.2. The fourth-order valence-electron chi connectivity index (χ4n) is 2.41. The quantitative estimate of drug-likeness (QED) is 0.690. The number of aromatic nitrogens is 4. The summed E-state index contributed by atoms with van der Waals surface area (Å²) in [6.07, 6.45) is 1.53. The van der Waals surface area contributed by atoms with Gasteiger partial charge in [-0.3, -0.25) is 14.2 Å². The van der Waals surface area contributed by atoms with E-state index in [1.165, 1.54) is 21.6 Å². The molecule has 130 valence electrons. The Kier molecular flexibility index (Phi) is 4.91. The van der Waals surface area contributed by atoms with E-state index in [1.807, 2.05) is 0 Å². The molecule has 0 saturated heterocycles. The Labute approximate surface area is 156 Å². The Morgan fingerprint density at radius 2 is 2.08 bits per heavy atom. The molecule has 0 saturated carbocycles. The van der Waals surface area contributed by atoms with E-state index in [0.29, 0.717) is 21.4 Å². The lowest BCUT2D eigenvalue weighted by Crippen LogP contribution is -2.17. The molecule has 2 aromatic heterocycles. The van der Waals surface area contributed by atoms with Crippen LogP contribution < -0.4 is 5.32 Å². The van der Waals surface area contributed by atoms with Crippen LogP contribution in [0.3, 0.4) is 0 Å². The number of amides is 1. The summed E-state index contributed by atoms with van der Waals surface area (Å²) in [5.74, 6) is -0.518. The molecular weight excluding hydrogens is 413 g/mol. The summed E-state index contributed by atoms with van der Waals surface area (Å²) in [5, 5.41) is 11.3. The number of nitrogens with zero attached hydrogens (tertiary/aromatic N) is 4. The fourth-order valence-corrected chi connectivity index (χ4v) is 3.12. The minimum Gasteiger partial charge on any atom is -0.302 e. The number of anilines is 1. The van der Waals surface area contributed by atoms with Crippen molar-refractivity contribution in [2.24, 2.45) is 7.05 Å². The maximum Gasteiger partial charge on any atom is 0.276 e. The van der Waals surface area contributed by atoms with Crippen LogP contribution in [0.1, 0.15) is 21.7 Å². The topological polar surface area (TPSA) is 64.7 Å². The number of aryl methyl sites for hydroxylation is 2. The summed E-state index contributed by atoms with van der Waals surface area (Å²) < 4.78 is 17.3. The highest BCUT2D eigenvalue weighted by molar-refractivity contribution is 9.10. The summed E-state index contributed by atoms with van der Waals surface area (Å²) in [6, 6.07) is 6.41. The molecule has 3 aromatic rings. The number of benzene rings is 1. The van der Waals surface area contributed by atoms with Gasteiger partial charge in [-0.1, -0.05) is 29.8 Å². The molecule has 0 fully saturated rings. The molecular formula is C16H14BrClFN5O. The van der Waals surface area contributed by atoms with Gasteiger partial charge in [-0.2, -0.15) is 10.2 Å². The van der Waals surface area contributed by atoms with Crippen molar-refractivity contribution in [3.05, 3.63) is 62.7 Å². The van der Waals surface area contributed by atoms with E-state index < -0.39 is 5.91 Å². The maximum atomic E-state index is 13.7. The highest BCUT2D eigenvalue weighted by Crippen LogP contribution is 2.24. The van der Waals surface area contributed by atoms with Gasteiger partial charge in [0.1, 0.15) is 16.5 Å². The maximum absolute atomic E-state index is 13.7. The highest BCUT2D eigenvalue weighted by atomic mass is 79.9. The Balaban J connectivity index is 1.81. The van der Waals surface area contributed by atoms with Crippen molar-refractivity contribution in [1.29, 1.82) is 0 Å². The van der Waals surface area contributed by atoms with Crippen molar-refractivity contribution in [3.63, 3.8) is 0 Å². The largest absolute Gasteiger partial charge is 0.302 e. The van der Waals surface area contributed by atoms with Crippen LogP contribution in [0.15, 0.2) is 34.9 Å². The van der Waals surface area contributed by atoms with Crippen LogP contribution in [0, 0.1) is 12.7 Å². The smallest absolute Gasteiger partial charge is 0.276 e. The minimum absolute atomic E-state index is 0.203. The Morgan fingerprint density at radius 3 is 2.72 bits per heavy atom. The fraction of sp³-hybridized carbons (Fsp3) is 0.188. The molecule has 0 spiro atoms. The van der Waals surface area contributed by atoms with Gasteiger partial charge < -0.3 is 5.32 Å². The summed E-state index contributed by atoms with van der Waals surface area (Å²) in [6.45, 7) is 1.99. The number of carbonyl (C=O) groups is 1. The van der Waals surface area contributed by atoms with Gasteiger partial charge in [0, 0.05) is 18.8 Å². The van der Waals surface area contributed by atoms with E-state index in [2.05, 4.69) is 31.4 Å². The van der Waals surface area contributed by atoms with Crippen molar-refractivity contribution in [2.45, 2.75) is 13.5 Å². The Bertz CT molecular complexity index is 952. The predicted octanol–water partition coefficient (Wildman–Crippen LogP) is 3.78. The average Bonchev–Trinajstić information content (AvgIpc) is 3.01. The lowest BCUT2D eigenvalue weighted by molar-refractivity contribution is 0.101. The van der Waals surface area contributed by atoms with Crippen LogP contribution >= 0.6 is 27.5 Å². The summed E-state index contributed by atoms with van der Waals surface area (Å²) in [5.41, 5.74) is 1.53. The van der Waals surface area contributed by atoms with Crippen LogP contribution in [0.4, 0.5) is 10.2 Å². The molecule has 0 unspecified atom stereocenters. The average molecular weight is 427 g/mol. The zero-order valence-corrected chi connectivity index (χ0v) is 15.8. The van der Waals surface area contributed by atoms with Gasteiger partial charge in [0.2, 0.25) is 0 Å². The van der Waals surface area contributed by atoms with Crippen LogP contribution in [0.5, 0.6) is 0 Å². The third-order valence-corrected chi connectivity index (χ3v) is 4.83. The SMILES string of the molecule is Cc1nn(C)c(C(=O)Nc2nn(Cc3ccccc3F)cc2Cl)c1Br. The van der Waals surface area contributed by atoms with Gasteiger partial charge in [0.15, 0.2) is 5.82 Å². The Morgan fingerprint density at radius 1 is 1.36 bits per heavy atom. The first kappa shape index (κ1) is 17.6. The lowest BCUT2D eigenvalue weighted by Gasteiger charge is -2.04. The third-order valence-electron chi connectivity index (χ3n) is 3.60. The minimum atomic E-state index is -0.395. The number of hydrogen-bond acceptors (Lipinski definition) is 3. The first-order valence-electron chi connectivity index (χ1n) is 7.33. The van der Waals surface area contributed by atoms with Gasteiger partial charge in [0.25, 0.3) is 5.91 Å². The zero-order valence-electron chi connectivity index (χ0n) is 13.4. The molecule has 3 rings (SSSR count). The number of halogens is 3. The van der Waals surface area contributed by atoms with E-state index in [4.69, 9.17) is 11.6 Å². The number of hydrogen-bond donors (Lipinski definition) is 1. The zero-order chi connectivity index (χ0) is 18.1. The van der Waals surface area contributed by atoms with Crippen molar-refractivity contribution in [3.8, 4) is 0 Å². The monoisotopic (exact) mass is 425 g/mol.